The highest BCUT2D eigenvalue weighted by molar-refractivity contribution is 5.76. The first-order valence-corrected chi connectivity index (χ1v) is 7.09. The van der Waals surface area contributed by atoms with Gasteiger partial charge in [-0.3, -0.25) is 4.79 Å². The highest BCUT2D eigenvalue weighted by Crippen LogP contribution is 2.23. The Labute approximate surface area is 120 Å². The number of rotatable bonds is 5. The lowest BCUT2D eigenvalue weighted by atomic mass is 9.87. The van der Waals surface area contributed by atoms with Gasteiger partial charge in [0, 0.05) is 31.7 Å². The highest BCUT2D eigenvalue weighted by Gasteiger charge is 2.29. The molecule has 2 unspecified atom stereocenters. The summed E-state index contributed by atoms with van der Waals surface area (Å²) < 4.78 is 0. The SMILES string of the molecule is CC(C)(C)CC(CC(=O)O)NC(=O)N1CCC(CO)C1. The molecule has 116 valence electrons. The molecule has 6 nitrogen and oxygen atoms in total. The van der Waals surface area contributed by atoms with Gasteiger partial charge in [0.2, 0.25) is 0 Å². The van der Waals surface area contributed by atoms with Crippen LogP contribution >= 0.6 is 0 Å². The fourth-order valence-electron chi connectivity index (χ4n) is 2.56. The summed E-state index contributed by atoms with van der Waals surface area (Å²) in [6.45, 7) is 7.30. The maximum Gasteiger partial charge on any atom is 0.317 e. The molecule has 0 saturated carbocycles. The molecule has 0 aromatic carbocycles. The standard InChI is InChI=1S/C14H26N2O4/c1-14(2,3)7-11(6-12(18)19)15-13(20)16-5-4-10(8-16)9-17/h10-11,17H,4-9H2,1-3H3,(H,15,20)(H,18,19). The van der Waals surface area contributed by atoms with Crippen molar-refractivity contribution in [2.75, 3.05) is 19.7 Å². The van der Waals surface area contributed by atoms with Gasteiger partial charge in [0.25, 0.3) is 0 Å². The average Bonchev–Trinajstić information content (AvgIpc) is 2.73. The van der Waals surface area contributed by atoms with E-state index in [0.29, 0.717) is 19.5 Å². The van der Waals surface area contributed by atoms with E-state index in [-0.39, 0.29) is 36.4 Å². The van der Waals surface area contributed by atoms with Crippen LogP contribution in [0.4, 0.5) is 4.79 Å². The Balaban J connectivity index is 2.55. The Morgan fingerprint density at radius 3 is 2.50 bits per heavy atom. The van der Waals surface area contributed by atoms with Crippen LogP contribution in [0, 0.1) is 11.3 Å². The van der Waals surface area contributed by atoms with Crippen molar-refractivity contribution in [1.29, 1.82) is 0 Å². The zero-order valence-electron chi connectivity index (χ0n) is 12.6. The number of amides is 2. The summed E-state index contributed by atoms with van der Waals surface area (Å²) in [6.07, 6.45) is 1.34. The van der Waals surface area contributed by atoms with Gasteiger partial charge in [-0.2, -0.15) is 0 Å². The van der Waals surface area contributed by atoms with Crippen LogP contribution in [0.15, 0.2) is 0 Å². The quantitative estimate of drug-likeness (QED) is 0.710. The summed E-state index contributed by atoms with van der Waals surface area (Å²) in [5, 5.41) is 20.8. The number of carbonyl (C=O) groups is 2. The van der Waals surface area contributed by atoms with Gasteiger partial charge in [0.05, 0.1) is 6.42 Å². The number of likely N-dealkylation sites (tertiary alicyclic amines) is 1. The second-order valence-electron chi connectivity index (χ2n) is 6.79. The van der Waals surface area contributed by atoms with Crippen LogP contribution in [0.5, 0.6) is 0 Å². The van der Waals surface area contributed by atoms with Crippen molar-refractivity contribution in [3.05, 3.63) is 0 Å². The van der Waals surface area contributed by atoms with E-state index in [1.807, 2.05) is 20.8 Å². The monoisotopic (exact) mass is 286 g/mol. The highest BCUT2D eigenvalue weighted by atomic mass is 16.4. The molecule has 1 rings (SSSR count). The lowest BCUT2D eigenvalue weighted by Crippen LogP contribution is -2.46. The van der Waals surface area contributed by atoms with Gasteiger partial charge in [0.15, 0.2) is 0 Å². The van der Waals surface area contributed by atoms with E-state index in [2.05, 4.69) is 5.32 Å². The van der Waals surface area contributed by atoms with Gasteiger partial charge in [-0.25, -0.2) is 4.79 Å². The fraction of sp³-hybridized carbons (Fsp3) is 0.857. The molecule has 3 N–H and O–H groups in total. The summed E-state index contributed by atoms with van der Waals surface area (Å²) in [7, 11) is 0. The van der Waals surface area contributed by atoms with E-state index >= 15 is 0 Å². The minimum atomic E-state index is -0.908. The molecule has 1 aliphatic rings. The molecule has 0 aliphatic carbocycles. The zero-order valence-corrected chi connectivity index (χ0v) is 12.6. The van der Waals surface area contributed by atoms with Crippen molar-refractivity contribution < 1.29 is 19.8 Å². The summed E-state index contributed by atoms with van der Waals surface area (Å²) >= 11 is 0. The predicted molar refractivity (Wildman–Crippen MR) is 75.4 cm³/mol. The molecule has 0 bridgehead atoms. The van der Waals surface area contributed by atoms with E-state index in [1.54, 1.807) is 4.90 Å². The third-order valence-corrected chi connectivity index (χ3v) is 3.44. The number of nitrogens with zero attached hydrogens (tertiary/aromatic N) is 1. The normalized spacial score (nSPS) is 20.8. The second kappa shape index (κ2) is 6.92. The predicted octanol–water partition coefficient (Wildman–Crippen LogP) is 1.29. The van der Waals surface area contributed by atoms with E-state index < -0.39 is 5.97 Å². The van der Waals surface area contributed by atoms with Crippen LogP contribution in [-0.2, 0) is 4.79 Å². The van der Waals surface area contributed by atoms with E-state index in [4.69, 9.17) is 10.2 Å². The number of nitrogens with one attached hydrogen (secondary N) is 1. The first-order chi connectivity index (χ1) is 9.21. The number of urea groups is 1. The molecular formula is C14H26N2O4. The minimum Gasteiger partial charge on any atom is -0.481 e. The van der Waals surface area contributed by atoms with Crippen LogP contribution in [0.25, 0.3) is 0 Å². The van der Waals surface area contributed by atoms with Crippen molar-refractivity contribution in [3.63, 3.8) is 0 Å². The summed E-state index contributed by atoms with van der Waals surface area (Å²) in [6, 6.07) is -0.593. The number of carbonyl (C=O) groups excluding carboxylic acids is 1. The molecule has 2 atom stereocenters. The number of carboxylic acids is 1. The van der Waals surface area contributed by atoms with Crippen molar-refractivity contribution in [3.8, 4) is 0 Å². The molecule has 2 amide bonds. The summed E-state index contributed by atoms with van der Waals surface area (Å²) in [4.78, 5) is 24.7. The van der Waals surface area contributed by atoms with Gasteiger partial charge >= 0.3 is 12.0 Å². The van der Waals surface area contributed by atoms with E-state index in [1.165, 1.54) is 0 Å². The molecule has 0 spiro atoms. The van der Waals surface area contributed by atoms with Gasteiger partial charge in [-0.15, -0.1) is 0 Å². The molecule has 1 fully saturated rings. The molecule has 1 heterocycles. The van der Waals surface area contributed by atoms with Gasteiger partial charge < -0.3 is 20.4 Å². The molecule has 0 aromatic rings. The lowest BCUT2D eigenvalue weighted by Gasteiger charge is -2.28. The number of hydrogen-bond donors (Lipinski definition) is 3. The van der Waals surface area contributed by atoms with Gasteiger partial charge in [-0.05, 0) is 18.3 Å². The van der Waals surface area contributed by atoms with Gasteiger partial charge in [0.1, 0.15) is 0 Å². The molecule has 0 radical (unpaired) electrons. The smallest absolute Gasteiger partial charge is 0.317 e. The topological polar surface area (TPSA) is 89.9 Å². The third kappa shape index (κ3) is 5.77. The average molecular weight is 286 g/mol. The summed E-state index contributed by atoms with van der Waals surface area (Å²) in [5.74, 6) is -0.768. The molecule has 20 heavy (non-hydrogen) atoms. The number of aliphatic hydroxyl groups excluding tert-OH is 1. The maximum absolute atomic E-state index is 12.1. The Morgan fingerprint density at radius 2 is 2.05 bits per heavy atom. The molecule has 0 aromatic heterocycles. The maximum atomic E-state index is 12.1. The lowest BCUT2D eigenvalue weighted by molar-refractivity contribution is -0.137. The van der Waals surface area contributed by atoms with Crippen LogP contribution in [0.3, 0.4) is 0 Å². The first kappa shape index (κ1) is 16.8. The van der Waals surface area contributed by atoms with E-state index in [9.17, 15) is 9.59 Å². The number of aliphatic hydroxyl groups is 1. The number of carboxylic acid groups (broad SMARTS) is 1. The molecule has 6 heteroatoms. The van der Waals surface area contributed by atoms with Crippen molar-refractivity contribution in [2.45, 2.75) is 46.1 Å². The molecule has 1 aliphatic heterocycles. The van der Waals surface area contributed by atoms with Crippen LogP contribution in [-0.4, -0.2) is 52.9 Å². The number of aliphatic carboxylic acids is 1. The second-order valence-corrected chi connectivity index (χ2v) is 6.79. The van der Waals surface area contributed by atoms with Crippen molar-refractivity contribution in [2.24, 2.45) is 11.3 Å². The van der Waals surface area contributed by atoms with E-state index in [0.717, 1.165) is 6.42 Å². The van der Waals surface area contributed by atoms with Gasteiger partial charge in [-0.1, -0.05) is 20.8 Å². The largest absolute Gasteiger partial charge is 0.481 e. The minimum absolute atomic E-state index is 0.0496. The third-order valence-electron chi connectivity index (χ3n) is 3.44. The van der Waals surface area contributed by atoms with Crippen molar-refractivity contribution in [1.82, 2.24) is 10.2 Å². The Morgan fingerprint density at radius 1 is 1.40 bits per heavy atom. The molecular weight excluding hydrogens is 260 g/mol. The first-order valence-electron chi connectivity index (χ1n) is 7.09. The van der Waals surface area contributed by atoms with Crippen LogP contribution < -0.4 is 5.32 Å². The Bertz CT molecular complexity index is 352. The van der Waals surface area contributed by atoms with Crippen LogP contribution in [0.2, 0.25) is 0 Å². The fourth-order valence-corrected chi connectivity index (χ4v) is 2.56. The van der Waals surface area contributed by atoms with Crippen LogP contribution in [0.1, 0.15) is 40.0 Å². The Hall–Kier alpha value is -1.30. The molecule has 1 saturated heterocycles. The zero-order chi connectivity index (χ0) is 15.3. The number of hydrogen-bond acceptors (Lipinski definition) is 3. The summed E-state index contributed by atoms with van der Waals surface area (Å²) in [5.41, 5.74) is -0.0496. The Kier molecular flexibility index (Phi) is 5.80. The van der Waals surface area contributed by atoms with Crippen molar-refractivity contribution >= 4 is 12.0 Å².